The van der Waals surface area contributed by atoms with Gasteiger partial charge in [0.2, 0.25) is 0 Å². The quantitative estimate of drug-likeness (QED) is 0.893. The normalized spacial score (nSPS) is 12.2. The molecule has 0 aromatic heterocycles. The Morgan fingerprint density at radius 1 is 0.952 bits per heavy atom. The molecule has 0 aliphatic carbocycles. The van der Waals surface area contributed by atoms with Crippen molar-refractivity contribution < 1.29 is 0 Å². The van der Waals surface area contributed by atoms with E-state index in [0.29, 0.717) is 0 Å². The van der Waals surface area contributed by atoms with Gasteiger partial charge < -0.3 is 10.6 Å². The first-order valence-electron chi connectivity index (χ1n) is 7.57. The fraction of sp³-hybridized carbons (Fsp3) is 0.368. The lowest BCUT2D eigenvalue weighted by atomic mass is 9.99. The molecule has 1 unspecified atom stereocenters. The van der Waals surface area contributed by atoms with Crippen molar-refractivity contribution in [3.05, 3.63) is 64.7 Å². The minimum atomic E-state index is 0.0934. The molecule has 21 heavy (non-hydrogen) atoms. The summed E-state index contributed by atoms with van der Waals surface area (Å²) in [6.45, 7) is 7.33. The van der Waals surface area contributed by atoms with Crippen LogP contribution in [0.5, 0.6) is 0 Å². The van der Waals surface area contributed by atoms with E-state index >= 15 is 0 Å². The molecule has 112 valence electrons. The molecule has 0 heterocycles. The van der Waals surface area contributed by atoms with Gasteiger partial charge in [0.15, 0.2) is 0 Å². The van der Waals surface area contributed by atoms with Crippen LogP contribution in [-0.4, -0.2) is 13.6 Å². The van der Waals surface area contributed by atoms with Gasteiger partial charge in [-0.1, -0.05) is 41.5 Å². The third-order valence-corrected chi connectivity index (χ3v) is 3.89. The summed E-state index contributed by atoms with van der Waals surface area (Å²) in [5.41, 5.74) is 12.7. The number of anilines is 1. The standard InChI is InChI=1S/C19H26N2/c1-14-6-5-7-18(13-14)21(4)9-8-19(20)17-11-15(2)10-16(3)12-17/h5-7,10-13,19H,8-9,20H2,1-4H3. The van der Waals surface area contributed by atoms with E-state index in [0.717, 1.165) is 13.0 Å². The average Bonchev–Trinajstić information content (AvgIpc) is 2.43. The van der Waals surface area contributed by atoms with E-state index in [1.165, 1.54) is 27.9 Å². The Bertz CT molecular complexity index is 584. The second-order valence-electron chi connectivity index (χ2n) is 6.08. The zero-order valence-corrected chi connectivity index (χ0v) is 13.6. The number of benzene rings is 2. The predicted octanol–water partition coefficient (Wildman–Crippen LogP) is 4.14. The molecule has 0 aliphatic rings. The fourth-order valence-corrected chi connectivity index (χ4v) is 2.72. The molecule has 0 aliphatic heterocycles. The Hall–Kier alpha value is -1.80. The lowest BCUT2D eigenvalue weighted by molar-refractivity contribution is 0.644. The minimum absolute atomic E-state index is 0.0934. The molecule has 2 heteroatoms. The van der Waals surface area contributed by atoms with Crippen molar-refractivity contribution in [1.29, 1.82) is 0 Å². The summed E-state index contributed by atoms with van der Waals surface area (Å²) in [7, 11) is 2.13. The number of nitrogens with two attached hydrogens (primary N) is 1. The van der Waals surface area contributed by atoms with Gasteiger partial charge in [0, 0.05) is 25.3 Å². The van der Waals surface area contributed by atoms with Crippen LogP contribution in [0.2, 0.25) is 0 Å². The Kier molecular flexibility index (Phi) is 5.03. The Morgan fingerprint density at radius 2 is 1.62 bits per heavy atom. The number of aryl methyl sites for hydroxylation is 3. The van der Waals surface area contributed by atoms with Crippen molar-refractivity contribution in [3.8, 4) is 0 Å². The maximum Gasteiger partial charge on any atom is 0.0366 e. The van der Waals surface area contributed by atoms with Gasteiger partial charge in [0.05, 0.1) is 0 Å². The minimum Gasteiger partial charge on any atom is -0.375 e. The van der Waals surface area contributed by atoms with E-state index in [2.05, 4.69) is 75.2 Å². The summed E-state index contributed by atoms with van der Waals surface area (Å²) in [5, 5.41) is 0. The third-order valence-electron chi connectivity index (χ3n) is 3.89. The largest absolute Gasteiger partial charge is 0.375 e. The number of rotatable bonds is 5. The molecule has 1 atom stereocenters. The molecule has 2 nitrogen and oxygen atoms in total. The zero-order chi connectivity index (χ0) is 15.4. The van der Waals surface area contributed by atoms with Crippen LogP contribution < -0.4 is 10.6 Å². The molecule has 0 spiro atoms. The van der Waals surface area contributed by atoms with E-state index in [9.17, 15) is 0 Å². The van der Waals surface area contributed by atoms with E-state index in [1.807, 2.05) is 0 Å². The van der Waals surface area contributed by atoms with Gasteiger partial charge >= 0.3 is 0 Å². The maximum absolute atomic E-state index is 6.36. The number of hydrogen-bond donors (Lipinski definition) is 1. The van der Waals surface area contributed by atoms with Crippen LogP contribution in [0.15, 0.2) is 42.5 Å². The van der Waals surface area contributed by atoms with Gasteiger partial charge in [0.25, 0.3) is 0 Å². The highest BCUT2D eigenvalue weighted by Gasteiger charge is 2.09. The number of hydrogen-bond acceptors (Lipinski definition) is 2. The van der Waals surface area contributed by atoms with Crippen LogP contribution in [0.1, 0.15) is 34.7 Å². The van der Waals surface area contributed by atoms with Crippen molar-refractivity contribution in [2.24, 2.45) is 5.73 Å². The molecule has 0 amide bonds. The Morgan fingerprint density at radius 3 is 2.24 bits per heavy atom. The fourth-order valence-electron chi connectivity index (χ4n) is 2.72. The highest BCUT2D eigenvalue weighted by Crippen LogP contribution is 2.20. The van der Waals surface area contributed by atoms with E-state index in [4.69, 9.17) is 5.73 Å². The lowest BCUT2D eigenvalue weighted by Crippen LogP contribution is -2.23. The Labute approximate surface area is 128 Å². The molecule has 2 N–H and O–H groups in total. The van der Waals surface area contributed by atoms with Crippen LogP contribution in [0.25, 0.3) is 0 Å². The number of nitrogens with zero attached hydrogens (tertiary/aromatic N) is 1. The molecule has 0 fully saturated rings. The first-order chi connectivity index (χ1) is 9.95. The predicted molar refractivity (Wildman–Crippen MR) is 91.9 cm³/mol. The van der Waals surface area contributed by atoms with Crippen molar-refractivity contribution in [3.63, 3.8) is 0 Å². The highest BCUT2D eigenvalue weighted by molar-refractivity contribution is 5.47. The van der Waals surface area contributed by atoms with Gasteiger partial charge in [-0.15, -0.1) is 0 Å². The molecule has 2 aromatic carbocycles. The molecular weight excluding hydrogens is 256 g/mol. The van der Waals surface area contributed by atoms with Crippen molar-refractivity contribution in [1.82, 2.24) is 0 Å². The van der Waals surface area contributed by atoms with E-state index in [1.54, 1.807) is 0 Å². The summed E-state index contributed by atoms with van der Waals surface area (Å²) in [4.78, 5) is 2.27. The van der Waals surface area contributed by atoms with Crippen LogP contribution in [0.4, 0.5) is 5.69 Å². The second-order valence-corrected chi connectivity index (χ2v) is 6.08. The molecule has 0 bridgehead atoms. The molecular formula is C19H26N2. The Balaban J connectivity index is 1.98. The lowest BCUT2D eigenvalue weighted by Gasteiger charge is -2.22. The van der Waals surface area contributed by atoms with Gasteiger partial charge in [-0.3, -0.25) is 0 Å². The molecule has 0 saturated heterocycles. The summed E-state index contributed by atoms with van der Waals surface area (Å²) in [5.74, 6) is 0. The molecule has 0 radical (unpaired) electrons. The van der Waals surface area contributed by atoms with E-state index in [-0.39, 0.29) is 6.04 Å². The molecule has 0 saturated carbocycles. The first kappa shape index (κ1) is 15.6. The monoisotopic (exact) mass is 282 g/mol. The second kappa shape index (κ2) is 6.77. The van der Waals surface area contributed by atoms with Crippen LogP contribution in [0, 0.1) is 20.8 Å². The summed E-state index contributed by atoms with van der Waals surface area (Å²) < 4.78 is 0. The van der Waals surface area contributed by atoms with Gasteiger partial charge in [-0.2, -0.15) is 0 Å². The van der Waals surface area contributed by atoms with E-state index < -0.39 is 0 Å². The van der Waals surface area contributed by atoms with Crippen molar-refractivity contribution in [2.75, 3.05) is 18.5 Å². The van der Waals surface area contributed by atoms with Gasteiger partial charge in [-0.25, -0.2) is 0 Å². The first-order valence-corrected chi connectivity index (χ1v) is 7.57. The van der Waals surface area contributed by atoms with Crippen molar-refractivity contribution in [2.45, 2.75) is 33.2 Å². The molecule has 2 rings (SSSR count). The smallest absolute Gasteiger partial charge is 0.0366 e. The topological polar surface area (TPSA) is 29.3 Å². The maximum atomic E-state index is 6.36. The molecule has 2 aromatic rings. The average molecular weight is 282 g/mol. The SMILES string of the molecule is Cc1cc(C)cc(C(N)CCN(C)c2cccc(C)c2)c1. The van der Waals surface area contributed by atoms with Crippen molar-refractivity contribution >= 4 is 5.69 Å². The summed E-state index contributed by atoms with van der Waals surface area (Å²) >= 11 is 0. The van der Waals surface area contributed by atoms with Crippen LogP contribution >= 0.6 is 0 Å². The highest BCUT2D eigenvalue weighted by atomic mass is 15.1. The summed E-state index contributed by atoms with van der Waals surface area (Å²) in [6, 6.07) is 15.3. The zero-order valence-electron chi connectivity index (χ0n) is 13.6. The summed E-state index contributed by atoms with van der Waals surface area (Å²) in [6.07, 6.45) is 0.952. The van der Waals surface area contributed by atoms with Gasteiger partial charge in [-0.05, 0) is 50.5 Å². The van der Waals surface area contributed by atoms with Crippen LogP contribution in [0.3, 0.4) is 0 Å². The van der Waals surface area contributed by atoms with Gasteiger partial charge in [0.1, 0.15) is 0 Å². The third kappa shape index (κ3) is 4.33. The van der Waals surface area contributed by atoms with Crippen LogP contribution in [-0.2, 0) is 0 Å².